The molecule has 144 valence electrons. The van der Waals surface area contributed by atoms with Crippen LogP contribution in [0.2, 0.25) is 0 Å². The van der Waals surface area contributed by atoms with Gasteiger partial charge in [-0.15, -0.1) is 5.10 Å². The summed E-state index contributed by atoms with van der Waals surface area (Å²) in [7, 11) is 0. The molecule has 0 unspecified atom stereocenters. The van der Waals surface area contributed by atoms with Crippen LogP contribution >= 0.6 is 0 Å². The highest BCUT2D eigenvalue weighted by atomic mass is 16.4. The fourth-order valence-corrected chi connectivity index (χ4v) is 3.18. The van der Waals surface area contributed by atoms with Crippen LogP contribution in [0.1, 0.15) is 11.4 Å². The quantitative estimate of drug-likeness (QED) is 0.447. The summed E-state index contributed by atoms with van der Waals surface area (Å²) in [6.45, 7) is 0. The van der Waals surface area contributed by atoms with E-state index in [9.17, 15) is 4.79 Å². The predicted molar refractivity (Wildman–Crippen MR) is 116 cm³/mol. The van der Waals surface area contributed by atoms with Crippen LogP contribution in [-0.2, 0) is 0 Å². The summed E-state index contributed by atoms with van der Waals surface area (Å²) in [6.07, 6.45) is 3.66. The van der Waals surface area contributed by atoms with Crippen LogP contribution in [0.25, 0.3) is 40.5 Å². The van der Waals surface area contributed by atoms with E-state index in [0.717, 1.165) is 11.1 Å². The molecule has 6 heteroatoms. The summed E-state index contributed by atoms with van der Waals surface area (Å²) in [5.74, 6) is 0.745. The molecule has 6 nitrogen and oxygen atoms in total. The molecule has 0 aliphatic heterocycles. The van der Waals surface area contributed by atoms with Gasteiger partial charge >= 0.3 is 6.01 Å². The van der Waals surface area contributed by atoms with Gasteiger partial charge in [0, 0.05) is 5.56 Å². The summed E-state index contributed by atoms with van der Waals surface area (Å²) < 4.78 is 7.19. The van der Waals surface area contributed by atoms with Crippen LogP contribution in [0.3, 0.4) is 0 Å². The number of aromatic nitrogens is 4. The van der Waals surface area contributed by atoms with Gasteiger partial charge in [0.15, 0.2) is 0 Å². The predicted octanol–water partition coefficient (Wildman–Crippen LogP) is 4.61. The Morgan fingerprint density at radius 2 is 1.47 bits per heavy atom. The molecule has 0 saturated heterocycles. The molecule has 0 radical (unpaired) electrons. The normalized spacial score (nSPS) is 11.3. The van der Waals surface area contributed by atoms with Crippen molar-refractivity contribution in [2.75, 3.05) is 0 Å². The van der Waals surface area contributed by atoms with Crippen molar-refractivity contribution in [2.24, 2.45) is 0 Å². The van der Waals surface area contributed by atoms with Crippen molar-refractivity contribution < 1.29 is 4.42 Å². The maximum Gasteiger partial charge on any atom is 0.331 e. The Kier molecular flexibility index (Phi) is 4.50. The summed E-state index contributed by atoms with van der Waals surface area (Å²) in [5.41, 5.74) is 2.10. The minimum atomic E-state index is -0.267. The molecule has 5 rings (SSSR count). The van der Waals surface area contributed by atoms with Crippen molar-refractivity contribution in [3.8, 4) is 17.5 Å². The molecule has 0 atom stereocenters. The minimum absolute atomic E-state index is 0.0739. The number of hydrogen-bond acceptors (Lipinski definition) is 5. The number of benzene rings is 3. The zero-order valence-corrected chi connectivity index (χ0v) is 15.8. The Morgan fingerprint density at radius 3 is 2.27 bits per heavy atom. The second kappa shape index (κ2) is 7.60. The van der Waals surface area contributed by atoms with Gasteiger partial charge in [-0.2, -0.15) is 0 Å². The summed E-state index contributed by atoms with van der Waals surface area (Å²) >= 11 is 0. The van der Waals surface area contributed by atoms with Gasteiger partial charge in [0.25, 0.3) is 5.56 Å². The van der Waals surface area contributed by atoms with E-state index in [1.54, 1.807) is 18.2 Å². The first-order valence-corrected chi connectivity index (χ1v) is 9.44. The number of rotatable bonds is 4. The van der Waals surface area contributed by atoms with Crippen LogP contribution < -0.4 is 5.56 Å². The molecule has 30 heavy (non-hydrogen) atoms. The van der Waals surface area contributed by atoms with E-state index < -0.39 is 0 Å². The Labute approximate surface area is 171 Å². The van der Waals surface area contributed by atoms with Gasteiger partial charge in [0.1, 0.15) is 5.82 Å². The molecule has 0 fully saturated rings. The first-order chi connectivity index (χ1) is 14.8. The minimum Gasteiger partial charge on any atom is -0.403 e. The lowest BCUT2D eigenvalue weighted by atomic mass is 10.2. The maximum absolute atomic E-state index is 13.3. The van der Waals surface area contributed by atoms with Crippen molar-refractivity contribution in [1.82, 2.24) is 19.7 Å². The highest BCUT2D eigenvalue weighted by Gasteiger charge is 2.17. The van der Waals surface area contributed by atoms with Crippen molar-refractivity contribution in [2.45, 2.75) is 0 Å². The van der Waals surface area contributed by atoms with Gasteiger partial charge in [0.05, 0.1) is 10.9 Å². The first kappa shape index (κ1) is 17.8. The third-order valence-corrected chi connectivity index (χ3v) is 4.65. The zero-order chi connectivity index (χ0) is 20.3. The molecular weight excluding hydrogens is 376 g/mol. The maximum atomic E-state index is 13.3. The molecule has 0 bridgehead atoms. The molecule has 3 aromatic carbocycles. The molecule has 0 amide bonds. The lowest BCUT2D eigenvalue weighted by Crippen LogP contribution is -2.22. The van der Waals surface area contributed by atoms with Gasteiger partial charge in [0.2, 0.25) is 5.89 Å². The van der Waals surface area contributed by atoms with Gasteiger partial charge in [-0.1, -0.05) is 71.8 Å². The van der Waals surface area contributed by atoms with Gasteiger partial charge in [-0.05, 0) is 35.9 Å². The third-order valence-electron chi connectivity index (χ3n) is 4.65. The van der Waals surface area contributed by atoms with Crippen LogP contribution in [0, 0.1) is 0 Å². The number of para-hydroxylation sites is 1. The van der Waals surface area contributed by atoms with E-state index in [-0.39, 0.29) is 11.6 Å². The number of nitrogens with zero attached hydrogens (tertiary/aromatic N) is 4. The average molecular weight is 392 g/mol. The van der Waals surface area contributed by atoms with E-state index in [1.807, 2.05) is 78.9 Å². The molecular formula is C24H16N4O2. The molecule has 5 aromatic rings. The monoisotopic (exact) mass is 392 g/mol. The second-order valence-electron chi connectivity index (χ2n) is 6.63. The van der Waals surface area contributed by atoms with E-state index in [1.165, 1.54) is 4.57 Å². The highest BCUT2D eigenvalue weighted by molar-refractivity contribution is 5.79. The molecule has 2 aromatic heterocycles. The molecule has 0 spiro atoms. The van der Waals surface area contributed by atoms with Crippen molar-refractivity contribution >= 4 is 23.1 Å². The van der Waals surface area contributed by atoms with Crippen LogP contribution in [0.4, 0.5) is 0 Å². The Bertz CT molecular complexity index is 1400. The Morgan fingerprint density at radius 1 is 0.767 bits per heavy atom. The fraction of sp³-hybridized carbons (Fsp3) is 0. The van der Waals surface area contributed by atoms with Crippen molar-refractivity contribution in [3.63, 3.8) is 0 Å². The van der Waals surface area contributed by atoms with Gasteiger partial charge in [-0.25, -0.2) is 9.55 Å². The molecule has 0 aliphatic rings. The standard InChI is InChI=1S/C24H16N4O2/c29-23-19-13-7-8-14-20(19)25-21(16-15-17-9-3-1-4-10-17)28(23)24-27-26-22(30-24)18-11-5-2-6-12-18/h1-16H/b16-15+. The van der Waals surface area contributed by atoms with Crippen molar-refractivity contribution in [1.29, 1.82) is 0 Å². The van der Waals surface area contributed by atoms with E-state index in [4.69, 9.17) is 4.42 Å². The molecule has 0 N–H and O–H groups in total. The van der Waals surface area contributed by atoms with Crippen LogP contribution in [0.5, 0.6) is 0 Å². The van der Waals surface area contributed by atoms with Gasteiger partial charge < -0.3 is 4.42 Å². The third kappa shape index (κ3) is 3.31. The first-order valence-electron chi connectivity index (χ1n) is 9.44. The van der Waals surface area contributed by atoms with E-state index >= 15 is 0 Å². The Hall–Kier alpha value is -4.32. The number of fused-ring (bicyclic) bond motifs is 1. The van der Waals surface area contributed by atoms with Crippen molar-refractivity contribution in [3.05, 3.63) is 107 Å². The van der Waals surface area contributed by atoms with Crippen LogP contribution in [0.15, 0.2) is 94.1 Å². The van der Waals surface area contributed by atoms with Gasteiger partial charge in [-0.3, -0.25) is 4.79 Å². The summed E-state index contributed by atoms with van der Waals surface area (Å²) in [4.78, 5) is 17.9. The smallest absolute Gasteiger partial charge is 0.331 e. The van der Waals surface area contributed by atoms with E-state index in [0.29, 0.717) is 22.6 Å². The zero-order valence-electron chi connectivity index (χ0n) is 15.8. The largest absolute Gasteiger partial charge is 0.403 e. The topological polar surface area (TPSA) is 73.8 Å². The van der Waals surface area contributed by atoms with Crippen LogP contribution in [-0.4, -0.2) is 19.7 Å². The highest BCUT2D eigenvalue weighted by Crippen LogP contribution is 2.20. The molecule has 0 saturated carbocycles. The second-order valence-corrected chi connectivity index (χ2v) is 6.63. The molecule has 0 aliphatic carbocycles. The molecule has 2 heterocycles. The summed E-state index contributed by atoms with van der Waals surface area (Å²) in [6, 6.07) is 26.5. The lowest BCUT2D eigenvalue weighted by Gasteiger charge is -2.07. The Balaban J connectivity index is 1.68. The van der Waals surface area contributed by atoms with E-state index in [2.05, 4.69) is 15.2 Å². The SMILES string of the molecule is O=c1c2ccccc2nc(/C=C/c2ccccc2)n1-c1nnc(-c2ccccc2)o1. The summed E-state index contributed by atoms with van der Waals surface area (Å²) in [5, 5.41) is 8.71. The number of hydrogen-bond donors (Lipinski definition) is 0. The fourth-order valence-electron chi connectivity index (χ4n) is 3.18. The lowest BCUT2D eigenvalue weighted by molar-refractivity contribution is 0.530. The average Bonchev–Trinajstić information content (AvgIpc) is 3.29.